The standard InChI is InChI=1S/C26H23F3O5S2/c27-26(28,29)36(32,33)34-22-8-17-1-2-18(23-9-20(13-35-23)24(30)31)6-19(17)7-21(22)25-10-14-3-15(11-25)5-16(4-14)12-25/h1-2,6-9,13-16H,3-5,10-12H2,(H,30,31)/p-1. The largest absolute Gasteiger partial charge is 0.545 e. The number of carboxylic acids is 1. The van der Waals surface area contributed by atoms with Gasteiger partial charge in [0, 0.05) is 21.4 Å². The second-order valence-electron chi connectivity index (χ2n) is 10.6. The first-order valence-electron chi connectivity index (χ1n) is 11.8. The highest BCUT2D eigenvalue weighted by Gasteiger charge is 2.54. The molecule has 0 unspecified atom stereocenters. The average molecular weight is 536 g/mol. The van der Waals surface area contributed by atoms with Crippen LogP contribution >= 0.6 is 11.3 Å². The van der Waals surface area contributed by atoms with Gasteiger partial charge in [-0.1, -0.05) is 12.1 Å². The highest BCUT2D eigenvalue weighted by Crippen LogP contribution is 2.62. The Morgan fingerprint density at radius 2 is 1.61 bits per heavy atom. The minimum absolute atomic E-state index is 0.0745. The second kappa shape index (κ2) is 7.95. The van der Waals surface area contributed by atoms with Crippen LogP contribution in [0.4, 0.5) is 13.2 Å². The first-order chi connectivity index (χ1) is 16.9. The van der Waals surface area contributed by atoms with Gasteiger partial charge in [0.1, 0.15) is 5.75 Å². The Bertz CT molecular complexity index is 1450. The number of halogens is 3. The lowest BCUT2D eigenvalue weighted by Crippen LogP contribution is -2.48. The van der Waals surface area contributed by atoms with Crippen molar-refractivity contribution in [1.82, 2.24) is 0 Å². The molecule has 0 atom stereocenters. The summed E-state index contributed by atoms with van der Waals surface area (Å²) in [6.07, 6.45) is 5.79. The molecule has 0 saturated heterocycles. The van der Waals surface area contributed by atoms with Gasteiger partial charge in [0.25, 0.3) is 0 Å². The molecular formula is C26H22F3O5S2-. The van der Waals surface area contributed by atoms with Gasteiger partial charge in [0.2, 0.25) is 0 Å². The smallest absolute Gasteiger partial charge is 0.534 e. The van der Waals surface area contributed by atoms with Crippen LogP contribution in [0.5, 0.6) is 5.75 Å². The summed E-state index contributed by atoms with van der Waals surface area (Å²) in [6, 6.07) is 9.97. The van der Waals surface area contributed by atoms with Crippen LogP contribution in [0.1, 0.15) is 54.4 Å². The van der Waals surface area contributed by atoms with Gasteiger partial charge in [-0.3, -0.25) is 0 Å². The quantitative estimate of drug-likeness (QED) is 0.313. The van der Waals surface area contributed by atoms with Crippen molar-refractivity contribution >= 4 is 38.2 Å². The van der Waals surface area contributed by atoms with E-state index in [9.17, 15) is 31.5 Å². The predicted octanol–water partition coefficient (Wildman–Crippen LogP) is 5.63. The Morgan fingerprint density at radius 3 is 2.17 bits per heavy atom. The van der Waals surface area contributed by atoms with Crippen LogP contribution < -0.4 is 9.29 Å². The van der Waals surface area contributed by atoms with Gasteiger partial charge in [0.05, 0.1) is 5.97 Å². The van der Waals surface area contributed by atoms with Gasteiger partial charge in [-0.25, -0.2) is 0 Å². The molecule has 4 aliphatic rings. The molecule has 1 heterocycles. The van der Waals surface area contributed by atoms with E-state index in [4.69, 9.17) is 4.18 Å². The Kier molecular flexibility index (Phi) is 5.25. The molecule has 4 bridgehead atoms. The Morgan fingerprint density at radius 1 is 0.972 bits per heavy atom. The van der Waals surface area contributed by atoms with Gasteiger partial charge >= 0.3 is 15.6 Å². The lowest BCUT2D eigenvalue weighted by molar-refractivity contribution is -0.255. The molecule has 0 radical (unpaired) electrons. The van der Waals surface area contributed by atoms with Crippen molar-refractivity contribution < 1.29 is 35.7 Å². The minimum Gasteiger partial charge on any atom is -0.545 e. The number of carboxylic acid groups (broad SMARTS) is 1. The molecule has 36 heavy (non-hydrogen) atoms. The van der Waals surface area contributed by atoms with Crippen LogP contribution in [0.15, 0.2) is 41.8 Å². The zero-order chi connectivity index (χ0) is 25.5. The van der Waals surface area contributed by atoms with Crippen molar-refractivity contribution in [2.75, 3.05) is 0 Å². The third-order valence-corrected chi connectivity index (χ3v) is 10.1. The number of thiophene rings is 1. The third-order valence-electron chi connectivity index (χ3n) is 8.15. The summed E-state index contributed by atoms with van der Waals surface area (Å²) in [4.78, 5) is 11.9. The maximum Gasteiger partial charge on any atom is 0.534 e. The fourth-order valence-corrected chi connectivity index (χ4v) is 8.46. The van der Waals surface area contributed by atoms with Gasteiger partial charge in [-0.05, 0) is 102 Å². The average Bonchev–Trinajstić information content (AvgIpc) is 3.27. The molecule has 5 nitrogen and oxygen atoms in total. The van der Waals surface area contributed by atoms with Crippen LogP contribution in [0, 0.1) is 17.8 Å². The first-order valence-corrected chi connectivity index (χ1v) is 14.1. The summed E-state index contributed by atoms with van der Waals surface area (Å²) in [7, 11) is -5.83. The van der Waals surface area contributed by atoms with E-state index in [0.29, 0.717) is 33.6 Å². The Balaban J connectivity index is 1.50. The molecule has 1 aromatic heterocycles. The molecule has 4 saturated carbocycles. The number of aromatic carboxylic acids is 1. The van der Waals surface area contributed by atoms with Crippen LogP contribution in [0.2, 0.25) is 0 Å². The monoisotopic (exact) mass is 535 g/mol. The predicted molar refractivity (Wildman–Crippen MR) is 127 cm³/mol. The first kappa shape index (κ1) is 23.8. The Labute approximate surface area is 210 Å². The zero-order valence-corrected chi connectivity index (χ0v) is 20.6. The second-order valence-corrected chi connectivity index (χ2v) is 13.0. The number of rotatable bonds is 5. The van der Waals surface area contributed by atoms with Crippen molar-refractivity contribution in [2.45, 2.75) is 49.4 Å². The minimum atomic E-state index is -5.83. The topological polar surface area (TPSA) is 83.5 Å². The Hall–Kier alpha value is -2.59. The highest BCUT2D eigenvalue weighted by molar-refractivity contribution is 7.88. The molecule has 4 aliphatic carbocycles. The summed E-state index contributed by atoms with van der Waals surface area (Å²) in [5.41, 5.74) is -4.58. The molecule has 190 valence electrons. The number of alkyl halides is 3. The van der Waals surface area contributed by atoms with Crippen LogP contribution in [-0.4, -0.2) is 19.9 Å². The molecule has 4 fully saturated rings. The molecule has 7 rings (SSSR count). The van der Waals surface area contributed by atoms with Crippen LogP contribution in [-0.2, 0) is 15.5 Å². The van der Waals surface area contributed by atoms with E-state index in [1.807, 2.05) is 6.07 Å². The van der Waals surface area contributed by atoms with Gasteiger partial charge in [0.15, 0.2) is 0 Å². The molecule has 0 N–H and O–H groups in total. The van der Waals surface area contributed by atoms with Gasteiger partial charge < -0.3 is 14.1 Å². The van der Waals surface area contributed by atoms with Crippen LogP contribution in [0.25, 0.3) is 21.2 Å². The van der Waals surface area contributed by atoms with E-state index < -0.39 is 27.0 Å². The SMILES string of the molecule is O=C([O-])c1csc(-c2ccc3cc(OS(=O)(=O)C(F)(F)F)c(C45CC6CC(CC(C6)C4)C5)cc3c2)c1. The number of fused-ring (bicyclic) bond motifs is 1. The van der Waals surface area contributed by atoms with E-state index in [1.165, 1.54) is 28.8 Å². The number of hydrogen-bond acceptors (Lipinski definition) is 6. The third kappa shape index (κ3) is 3.89. The van der Waals surface area contributed by atoms with Crippen molar-refractivity contribution in [3.8, 4) is 16.2 Å². The summed E-state index contributed by atoms with van der Waals surface area (Å²) in [6.45, 7) is 0. The molecule has 2 aromatic carbocycles. The summed E-state index contributed by atoms with van der Waals surface area (Å²) in [5.74, 6) is -0.0569. The van der Waals surface area contributed by atoms with E-state index in [-0.39, 0.29) is 11.3 Å². The molecule has 0 spiro atoms. The van der Waals surface area contributed by atoms with Crippen molar-refractivity contribution in [3.05, 3.63) is 52.9 Å². The normalized spacial score (nSPS) is 27.5. The molecule has 3 aromatic rings. The molecule has 0 amide bonds. The molecule has 10 heteroatoms. The van der Waals surface area contributed by atoms with Crippen molar-refractivity contribution in [3.63, 3.8) is 0 Å². The summed E-state index contributed by atoms with van der Waals surface area (Å²) in [5, 5.41) is 14.0. The van der Waals surface area contributed by atoms with Gasteiger partial charge in [-0.15, -0.1) is 11.3 Å². The summed E-state index contributed by atoms with van der Waals surface area (Å²) >= 11 is 1.25. The number of benzene rings is 2. The maximum atomic E-state index is 13.3. The van der Waals surface area contributed by atoms with E-state index >= 15 is 0 Å². The highest BCUT2D eigenvalue weighted by atomic mass is 32.2. The molecular weight excluding hydrogens is 513 g/mol. The van der Waals surface area contributed by atoms with Crippen molar-refractivity contribution in [2.24, 2.45) is 17.8 Å². The number of hydrogen-bond donors (Lipinski definition) is 0. The lowest BCUT2D eigenvalue weighted by atomic mass is 9.48. The lowest BCUT2D eigenvalue weighted by Gasteiger charge is -2.57. The fraction of sp³-hybridized carbons (Fsp3) is 0.423. The number of carbonyl (C=O) groups excluding carboxylic acids is 1. The van der Waals surface area contributed by atoms with Crippen molar-refractivity contribution in [1.29, 1.82) is 0 Å². The maximum absolute atomic E-state index is 13.3. The van der Waals surface area contributed by atoms with E-state index in [1.54, 1.807) is 18.2 Å². The van der Waals surface area contributed by atoms with E-state index in [0.717, 1.165) is 49.5 Å². The summed E-state index contributed by atoms with van der Waals surface area (Å²) < 4.78 is 68.7. The fourth-order valence-electron chi connectivity index (χ4n) is 7.11. The molecule has 0 aliphatic heterocycles. The van der Waals surface area contributed by atoms with Crippen LogP contribution in [0.3, 0.4) is 0 Å². The number of carbonyl (C=O) groups is 1. The van der Waals surface area contributed by atoms with E-state index in [2.05, 4.69) is 0 Å². The zero-order valence-electron chi connectivity index (χ0n) is 19.0. The van der Waals surface area contributed by atoms with Gasteiger partial charge in [-0.2, -0.15) is 21.6 Å².